The zero-order valence-electron chi connectivity index (χ0n) is 13.0. The number of halogens is 2. The van der Waals surface area contributed by atoms with Crippen LogP contribution in [0, 0.1) is 11.6 Å². The van der Waals surface area contributed by atoms with Crippen molar-refractivity contribution < 1.29 is 18.7 Å². The Balaban J connectivity index is 1.83. The van der Waals surface area contributed by atoms with Crippen LogP contribution in [-0.4, -0.2) is 28.6 Å². The Labute approximate surface area is 138 Å². The molecule has 1 saturated heterocycles. The van der Waals surface area contributed by atoms with E-state index in [1.165, 1.54) is 6.07 Å². The second kappa shape index (κ2) is 6.67. The molecule has 0 aromatic heterocycles. The zero-order valence-corrected chi connectivity index (χ0v) is 13.0. The molecule has 1 aliphatic heterocycles. The van der Waals surface area contributed by atoms with Gasteiger partial charge in [-0.1, -0.05) is 12.1 Å². The topological polar surface area (TPSA) is 66.6 Å². The van der Waals surface area contributed by atoms with Crippen molar-refractivity contribution in [2.24, 2.45) is 5.73 Å². The van der Waals surface area contributed by atoms with E-state index in [2.05, 4.69) is 0 Å². The number of nitrogens with zero attached hydrogens (tertiary/aromatic N) is 1. The number of hydrogen-bond donors (Lipinski definition) is 2. The molecule has 6 heteroatoms. The lowest BCUT2D eigenvalue weighted by Crippen LogP contribution is -2.25. The molecule has 3 rings (SSSR count). The summed E-state index contributed by atoms with van der Waals surface area (Å²) in [5.41, 5.74) is 6.77. The summed E-state index contributed by atoms with van der Waals surface area (Å²) in [5, 5.41) is 9.97. The number of carbonyl (C=O) groups is 1. The average Bonchev–Trinajstić information content (AvgIpc) is 2.90. The number of hydrogen-bond acceptors (Lipinski definition) is 3. The lowest BCUT2D eigenvalue weighted by Gasteiger charge is -2.25. The smallest absolute Gasteiger partial charge is 0.248 e. The molecule has 2 atom stereocenters. The van der Waals surface area contributed by atoms with Gasteiger partial charge < -0.3 is 10.8 Å². The normalized spacial score (nSPS) is 21.1. The molecule has 126 valence electrons. The molecule has 0 radical (unpaired) electrons. The number of likely N-dealkylation sites (tertiary alicyclic amines) is 1. The van der Waals surface area contributed by atoms with Crippen molar-refractivity contribution in [1.82, 2.24) is 4.90 Å². The molecular formula is C18H18F2N2O2. The van der Waals surface area contributed by atoms with Gasteiger partial charge in [-0.15, -0.1) is 0 Å². The molecule has 2 aromatic carbocycles. The van der Waals surface area contributed by atoms with Gasteiger partial charge in [0.15, 0.2) is 0 Å². The van der Waals surface area contributed by atoms with E-state index in [-0.39, 0.29) is 5.56 Å². The van der Waals surface area contributed by atoms with Crippen LogP contribution in [0.4, 0.5) is 8.78 Å². The third kappa shape index (κ3) is 3.44. The lowest BCUT2D eigenvalue weighted by molar-refractivity contribution is 0.1000. The molecule has 1 aliphatic rings. The summed E-state index contributed by atoms with van der Waals surface area (Å²) in [6.45, 7) is 0.828. The second-order valence-corrected chi connectivity index (χ2v) is 6.06. The van der Waals surface area contributed by atoms with Crippen molar-refractivity contribution >= 4 is 5.91 Å². The summed E-state index contributed by atoms with van der Waals surface area (Å²) >= 11 is 0. The largest absolute Gasteiger partial charge is 0.392 e. The van der Waals surface area contributed by atoms with E-state index in [0.29, 0.717) is 25.1 Å². The third-order valence-corrected chi connectivity index (χ3v) is 4.32. The van der Waals surface area contributed by atoms with Crippen LogP contribution >= 0.6 is 0 Å². The molecule has 4 nitrogen and oxygen atoms in total. The van der Waals surface area contributed by atoms with Crippen LogP contribution in [0.1, 0.15) is 33.9 Å². The van der Waals surface area contributed by atoms with Gasteiger partial charge in [-0.2, -0.15) is 0 Å². The molecule has 3 N–H and O–H groups in total. The summed E-state index contributed by atoms with van der Waals surface area (Å²) in [6, 6.07) is 9.76. The predicted octanol–water partition coefficient (Wildman–Crippen LogP) is 2.37. The van der Waals surface area contributed by atoms with Gasteiger partial charge in [0.25, 0.3) is 0 Å². The van der Waals surface area contributed by atoms with Crippen LogP contribution in [0.3, 0.4) is 0 Å². The zero-order chi connectivity index (χ0) is 17.3. The first-order valence-electron chi connectivity index (χ1n) is 7.70. The Hall–Kier alpha value is -2.31. The van der Waals surface area contributed by atoms with Gasteiger partial charge in [0, 0.05) is 30.3 Å². The number of amides is 1. The number of primary amides is 1. The molecular weight excluding hydrogens is 314 g/mol. The highest BCUT2D eigenvalue weighted by Crippen LogP contribution is 2.35. The van der Waals surface area contributed by atoms with Gasteiger partial charge in [0.2, 0.25) is 5.91 Å². The van der Waals surface area contributed by atoms with Gasteiger partial charge in [0.1, 0.15) is 11.6 Å². The number of β-amino-alcohol motifs (C(OH)–C–C–N with tert-alkyl or cyclic N) is 1. The number of carbonyl (C=O) groups excluding carboxylic acids is 1. The summed E-state index contributed by atoms with van der Waals surface area (Å²) in [5.74, 6) is -1.49. The fourth-order valence-corrected chi connectivity index (χ4v) is 3.16. The van der Waals surface area contributed by atoms with E-state index >= 15 is 0 Å². The molecule has 1 amide bonds. The van der Waals surface area contributed by atoms with Gasteiger partial charge >= 0.3 is 0 Å². The summed E-state index contributed by atoms with van der Waals surface area (Å²) < 4.78 is 27.6. The standard InChI is InChI=1S/C18H18F2N2O2/c19-13-5-6-16(20)15(7-13)17-8-14(23)10-22(17)9-11-1-3-12(4-2-11)18(21)24/h1-7,14,17,23H,8-10H2,(H2,21,24)/t14-,17+/m0/s1. The number of aliphatic hydroxyl groups is 1. The fourth-order valence-electron chi connectivity index (χ4n) is 3.16. The third-order valence-electron chi connectivity index (χ3n) is 4.32. The maximum atomic E-state index is 14.1. The Morgan fingerprint density at radius 3 is 2.58 bits per heavy atom. The van der Waals surface area contributed by atoms with E-state index in [1.807, 2.05) is 4.90 Å². The van der Waals surface area contributed by atoms with Gasteiger partial charge in [-0.25, -0.2) is 8.78 Å². The van der Waals surface area contributed by atoms with Crippen LogP contribution in [0.2, 0.25) is 0 Å². The number of benzene rings is 2. The Bertz CT molecular complexity index is 749. The molecule has 24 heavy (non-hydrogen) atoms. The molecule has 0 spiro atoms. The molecule has 1 fully saturated rings. The number of rotatable bonds is 4. The second-order valence-electron chi connectivity index (χ2n) is 6.06. The Morgan fingerprint density at radius 2 is 1.92 bits per heavy atom. The van der Waals surface area contributed by atoms with Crippen molar-refractivity contribution in [3.05, 3.63) is 70.8 Å². The lowest BCUT2D eigenvalue weighted by atomic mass is 10.0. The van der Waals surface area contributed by atoms with E-state index in [4.69, 9.17) is 5.73 Å². The average molecular weight is 332 g/mol. The van der Waals surface area contributed by atoms with Crippen LogP contribution in [-0.2, 0) is 6.54 Å². The quantitative estimate of drug-likeness (QED) is 0.903. The van der Waals surface area contributed by atoms with Gasteiger partial charge in [0.05, 0.1) is 6.10 Å². The van der Waals surface area contributed by atoms with Crippen molar-refractivity contribution in [3.8, 4) is 0 Å². The first-order chi connectivity index (χ1) is 11.4. The highest BCUT2D eigenvalue weighted by atomic mass is 19.1. The molecule has 0 unspecified atom stereocenters. The maximum Gasteiger partial charge on any atom is 0.248 e. The van der Waals surface area contributed by atoms with Crippen LogP contribution < -0.4 is 5.73 Å². The van der Waals surface area contributed by atoms with Gasteiger partial charge in [-0.3, -0.25) is 9.69 Å². The van der Waals surface area contributed by atoms with Crippen LogP contribution in [0.25, 0.3) is 0 Å². The molecule has 0 bridgehead atoms. The predicted molar refractivity (Wildman–Crippen MR) is 85.1 cm³/mol. The first kappa shape index (κ1) is 16.5. The molecule has 0 aliphatic carbocycles. The molecule has 2 aromatic rings. The minimum absolute atomic E-state index is 0.250. The Morgan fingerprint density at radius 1 is 1.21 bits per heavy atom. The SMILES string of the molecule is NC(=O)c1ccc(CN2C[C@@H](O)C[C@@H]2c2cc(F)ccc2F)cc1. The van der Waals surface area contributed by atoms with E-state index in [1.54, 1.807) is 24.3 Å². The minimum atomic E-state index is -0.595. The highest BCUT2D eigenvalue weighted by Gasteiger charge is 2.33. The monoisotopic (exact) mass is 332 g/mol. The van der Waals surface area contributed by atoms with Crippen molar-refractivity contribution in [2.75, 3.05) is 6.54 Å². The van der Waals surface area contributed by atoms with Crippen molar-refractivity contribution in [3.63, 3.8) is 0 Å². The fraction of sp³-hybridized carbons (Fsp3) is 0.278. The summed E-state index contributed by atoms with van der Waals surface area (Å²) in [4.78, 5) is 13.0. The molecule has 1 heterocycles. The maximum absolute atomic E-state index is 14.1. The van der Waals surface area contributed by atoms with E-state index in [9.17, 15) is 18.7 Å². The highest BCUT2D eigenvalue weighted by molar-refractivity contribution is 5.92. The van der Waals surface area contributed by atoms with Crippen molar-refractivity contribution in [1.29, 1.82) is 0 Å². The minimum Gasteiger partial charge on any atom is -0.392 e. The van der Waals surface area contributed by atoms with Crippen LogP contribution in [0.15, 0.2) is 42.5 Å². The summed E-state index contributed by atoms with van der Waals surface area (Å²) in [7, 11) is 0. The first-order valence-corrected chi connectivity index (χ1v) is 7.70. The molecule has 0 saturated carbocycles. The van der Waals surface area contributed by atoms with E-state index in [0.717, 1.165) is 17.7 Å². The Kier molecular flexibility index (Phi) is 4.59. The summed E-state index contributed by atoms with van der Waals surface area (Å²) in [6.07, 6.45) is -0.248. The number of nitrogens with two attached hydrogens (primary N) is 1. The van der Waals surface area contributed by atoms with Crippen molar-refractivity contribution in [2.45, 2.75) is 25.1 Å². The van der Waals surface area contributed by atoms with Crippen LogP contribution in [0.5, 0.6) is 0 Å². The number of aliphatic hydroxyl groups excluding tert-OH is 1. The van der Waals surface area contributed by atoms with E-state index < -0.39 is 29.7 Å². The van der Waals surface area contributed by atoms with Gasteiger partial charge in [-0.05, 0) is 42.3 Å².